The summed E-state index contributed by atoms with van der Waals surface area (Å²) < 4.78 is 0. The molecule has 1 fully saturated rings. The van der Waals surface area contributed by atoms with Gasteiger partial charge in [-0.15, -0.1) is 11.3 Å². The van der Waals surface area contributed by atoms with Crippen LogP contribution in [0, 0.1) is 11.3 Å². The maximum Gasteiger partial charge on any atom is 0.139 e. The topological polar surface area (TPSA) is 48.7 Å². The summed E-state index contributed by atoms with van der Waals surface area (Å²) >= 11 is 1.54. The molecule has 1 atom stereocenters. The number of hydrogen-bond donors (Lipinski definition) is 1. The average Bonchev–Trinajstić information content (AvgIpc) is 2.81. The molecule has 0 aliphatic heterocycles. The summed E-state index contributed by atoms with van der Waals surface area (Å²) in [5.74, 6) is 0. The van der Waals surface area contributed by atoms with Crippen molar-refractivity contribution in [3.8, 4) is 6.07 Å². The second-order valence-corrected chi connectivity index (χ2v) is 4.70. The molecule has 0 spiro atoms. The number of thiazole rings is 1. The maximum absolute atomic E-state index is 9.08. The monoisotopic (exact) mass is 221 g/mol. The van der Waals surface area contributed by atoms with E-state index in [1.54, 1.807) is 16.8 Å². The number of rotatable bonds is 3. The number of nitrogens with one attached hydrogen (secondary N) is 1. The summed E-state index contributed by atoms with van der Waals surface area (Å²) in [5, 5.41) is 14.4. The van der Waals surface area contributed by atoms with Crippen molar-refractivity contribution in [3.05, 3.63) is 16.6 Å². The standard InChI is InChI=1S/C11H15N3S/c12-6-10(11-7-15-8-13-11)14-9-4-2-1-3-5-9/h7-10,14H,1-5H2. The molecule has 0 amide bonds. The fraction of sp³-hybridized carbons (Fsp3) is 0.636. The predicted molar refractivity (Wildman–Crippen MR) is 60.5 cm³/mol. The van der Waals surface area contributed by atoms with E-state index in [-0.39, 0.29) is 6.04 Å². The first-order valence-corrected chi connectivity index (χ1v) is 6.38. The lowest BCUT2D eigenvalue weighted by atomic mass is 9.95. The number of nitriles is 1. The zero-order valence-corrected chi connectivity index (χ0v) is 9.46. The van der Waals surface area contributed by atoms with E-state index in [9.17, 15) is 0 Å². The Kier molecular flexibility index (Phi) is 3.70. The van der Waals surface area contributed by atoms with Crippen molar-refractivity contribution in [2.24, 2.45) is 0 Å². The number of aromatic nitrogens is 1. The van der Waals surface area contributed by atoms with Crippen LogP contribution in [-0.2, 0) is 0 Å². The van der Waals surface area contributed by atoms with Crippen molar-refractivity contribution in [2.45, 2.75) is 44.2 Å². The highest BCUT2D eigenvalue weighted by Crippen LogP contribution is 2.21. The molecule has 1 aromatic heterocycles. The Bertz CT molecular complexity index is 322. The highest BCUT2D eigenvalue weighted by Gasteiger charge is 2.19. The first-order valence-electron chi connectivity index (χ1n) is 5.44. The van der Waals surface area contributed by atoms with Crippen LogP contribution in [0.5, 0.6) is 0 Å². The van der Waals surface area contributed by atoms with Gasteiger partial charge in [0.25, 0.3) is 0 Å². The van der Waals surface area contributed by atoms with Gasteiger partial charge in [0, 0.05) is 11.4 Å². The lowest BCUT2D eigenvalue weighted by Crippen LogP contribution is -2.33. The minimum Gasteiger partial charge on any atom is -0.294 e. The normalized spacial score (nSPS) is 19.7. The van der Waals surface area contributed by atoms with E-state index in [2.05, 4.69) is 16.4 Å². The van der Waals surface area contributed by atoms with Gasteiger partial charge in [0.05, 0.1) is 17.3 Å². The fourth-order valence-electron chi connectivity index (χ4n) is 2.06. The van der Waals surface area contributed by atoms with E-state index < -0.39 is 0 Å². The number of nitrogens with zero attached hydrogens (tertiary/aromatic N) is 2. The van der Waals surface area contributed by atoms with Gasteiger partial charge in [0.2, 0.25) is 0 Å². The average molecular weight is 221 g/mol. The summed E-state index contributed by atoms with van der Waals surface area (Å²) in [5.41, 5.74) is 2.65. The van der Waals surface area contributed by atoms with Crippen LogP contribution in [0.25, 0.3) is 0 Å². The molecule has 1 unspecified atom stereocenters. The third-order valence-electron chi connectivity index (χ3n) is 2.88. The molecule has 1 aliphatic rings. The van der Waals surface area contributed by atoms with Gasteiger partial charge in [-0.25, -0.2) is 4.98 Å². The van der Waals surface area contributed by atoms with E-state index in [1.807, 2.05) is 5.38 Å². The van der Waals surface area contributed by atoms with Gasteiger partial charge < -0.3 is 0 Å². The summed E-state index contributed by atoms with van der Waals surface area (Å²) in [6, 6.07) is 2.57. The first-order chi connectivity index (χ1) is 7.40. The molecule has 15 heavy (non-hydrogen) atoms. The highest BCUT2D eigenvalue weighted by atomic mass is 32.1. The van der Waals surface area contributed by atoms with E-state index >= 15 is 0 Å². The first kappa shape index (κ1) is 10.6. The molecule has 0 radical (unpaired) electrons. The summed E-state index contributed by atoms with van der Waals surface area (Å²) in [6.07, 6.45) is 6.30. The zero-order valence-electron chi connectivity index (χ0n) is 8.65. The van der Waals surface area contributed by atoms with E-state index in [4.69, 9.17) is 5.26 Å². The Labute approximate surface area is 94.1 Å². The highest BCUT2D eigenvalue weighted by molar-refractivity contribution is 7.07. The maximum atomic E-state index is 9.08. The Balaban J connectivity index is 1.94. The quantitative estimate of drug-likeness (QED) is 0.853. The third kappa shape index (κ3) is 2.77. The second kappa shape index (κ2) is 5.24. The van der Waals surface area contributed by atoms with Gasteiger partial charge in [-0.1, -0.05) is 19.3 Å². The molecule has 4 heteroatoms. The second-order valence-electron chi connectivity index (χ2n) is 3.98. The summed E-state index contributed by atoms with van der Waals surface area (Å²) in [6.45, 7) is 0. The van der Waals surface area contributed by atoms with Crippen LogP contribution in [0.4, 0.5) is 0 Å². The van der Waals surface area contributed by atoms with Crippen LogP contribution in [-0.4, -0.2) is 11.0 Å². The molecule has 1 N–H and O–H groups in total. The van der Waals surface area contributed by atoms with Crippen LogP contribution < -0.4 is 5.32 Å². The SMILES string of the molecule is N#CC(NC1CCCCC1)c1cscn1. The molecule has 1 saturated carbocycles. The third-order valence-corrected chi connectivity index (χ3v) is 3.49. The fourth-order valence-corrected chi connectivity index (χ4v) is 2.64. The van der Waals surface area contributed by atoms with Gasteiger partial charge in [-0.2, -0.15) is 5.26 Å². The smallest absolute Gasteiger partial charge is 0.139 e. The Morgan fingerprint density at radius 1 is 1.47 bits per heavy atom. The molecule has 0 bridgehead atoms. The van der Waals surface area contributed by atoms with Crippen molar-refractivity contribution in [1.29, 1.82) is 5.26 Å². The minimum atomic E-state index is -0.223. The molecule has 80 valence electrons. The molecular weight excluding hydrogens is 206 g/mol. The molecule has 2 rings (SSSR count). The lowest BCUT2D eigenvalue weighted by molar-refractivity contribution is 0.358. The van der Waals surface area contributed by atoms with Gasteiger partial charge in [-0.05, 0) is 12.8 Å². The minimum absolute atomic E-state index is 0.223. The van der Waals surface area contributed by atoms with E-state index in [1.165, 1.54) is 32.1 Å². The van der Waals surface area contributed by atoms with Crippen LogP contribution in [0.3, 0.4) is 0 Å². The Morgan fingerprint density at radius 3 is 2.87 bits per heavy atom. The summed E-state index contributed by atoms with van der Waals surface area (Å²) in [4.78, 5) is 4.19. The van der Waals surface area contributed by atoms with Crippen LogP contribution >= 0.6 is 11.3 Å². The van der Waals surface area contributed by atoms with Crippen LogP contribution in [0.2, 0.25) is 0 Å². The molecule has 0 aromatic carbocycles. The molecule has 1 aliphatic carbocycles. The van der Waals surface area contributed by atoms with Crippen molar-refractivity contribution < 1.29 is 0 Å². The molecule has 0 saturated heterocycles. The number of hydrogen-bond acceptors (Lipinski definition) is 4. The van der Waals surface area contributed by atoms with Crippen LogP contribution in [0.1, 0.15) is 43.8 Å². The van der Waals surface area contributed by atoms with Crippen molar-refractivity contribution >= 4 is 11.3 Å². The molecule has 1 aromatic rings. The van der Waals surface area contributed by atoms with Gasteiger partial charge in [0.15, 0.2) is 0 Å². The zero-order chi connectivity index (χ0) is 10.5. The van der Waals surface area contributed by atoms with E-state index in [0.717, 1.165) is 5.69 Å². The van der Waals surface area contributed by atoms with Crippen molar-refractivity contribution in [1.82, 2.24) is 10.3 Å². The predicted octanol–water partition coefficient (Wildman–Crippen LogP) is 2.63. The molecular formula is C11H15N3S. The van der Waals surface area contributed by atoms with Crippen LogP contribution in [0.15, 0.2) is 10.9 Å². The molecule has 3 nitrogen and oxygen atoms in total. The molecule has 1 heterocycles. The van der Waals surface area contributed by atoms with Gasteiger partial charge in [0.1, 0.15) is 6.04 Å². The largest absolute Gasteiger partial charge is 0.294 e. The van der Waals surface area contributed by atoms with Gasteiger partial charge >= 0.3 is 0 Å². The lowest BCUT2D eigenvalue weighted by Gasteiger charge is -2.24. The van der Waals surface area contributed by atoms with Gasteiger partial charge in [-0.3, -0.25) is 5.32 Å². The van der Waals surface area contributed by atoms with Crippen molar-refractivity contribution in [3.63, 3.8) is 0 Å². The van der Waals surface area contributed by atoms with E-state index in [0.29, 0.717) is 6.04 Å². The Hall–Kier alpha value is -0.920. The Morgan fingerprint density at radius 2 is 2.27 bits per heavy atom. The summed E-state index contributed by atoms with van der Waals surface area (Å²) in [7, 11) is 0. The van der Waals surface area contributed by atoms with Crippen molar-refractivity contribution in [2.75, 3.05) is 0 Å².